The van der Waals surface area contributed by atoms with Crippen molar-refractivity contribution in [3.05, 3.63) is 47.7 Å². The minimum atomic E-state index is -4.85. The van der Waals surface area contributed by atoms with Crippen LogP contribution in [0.3, 0.4) is 0 Å². The van der Waals surface area contributed by atoms with E-state index in [0.717, 1.165) is 25.5 Å². The maximum Gasteiger partial charge on any atom is 0.433 e. The van der Waals surface area contributed by atoms with Crippen LogP contribution in [-0.4, -0.2) is 51.0 Å². The summed E-state index contributed by atoms with van der Waals surface area (Å²) in [5.74, 6) is -0.220. The van der Waals surface area contributed by atoms with Gasteiger partial charge in [-0.25, -0.2) is 0 Å². The van der Waals surface area contributed by atoms with Crippen LogP contribution in [0.1, 0.15) is 53.6 Å². The molecule has 32 heavy (non-hydrogen) atoms. The van der Waals surface area contributed by atoms with Crippen molar-refractivity contribution in [2.24, 2.45) is 5.73 Å². The van der Waals surface area contributed by atoms with E-state index in [-0.39, 0.29) is 17.3 Å². The number of likely N-dealkylation sites (tertiary alicyclic amines) is 1. The summed E-state index contributed by atoms with van der Waals surface area (Å²) in [5.41, 5.74) is 5.86. The summed E-state index contributed by atoms with van der Waals surface area (Å²) >= 11 is 0. The van der Waals surface area contributed by atoms with Crippen LogP contribution in [0.4, 0.5) is 13.2 Å². The number of aromatic amines is 1. The Labute approximate surface area is 183 Å². The number of hydrogen-bond acceptors (Lipinski definition) is 5. The average Bonchev–Trinajstić information content (AvgIpc) is 3.14. The first-order valence-corrected chi connectivity index (χ1v) is 10.3. The number of aryl methyl sites for hydroxylation is 1. The van der Waals surface area contributed by atoms with Crippen LogP contribution in [0.2, 0.25) is 0 Å². The van der Waals surface area contributed by atoms with Crippen molar-refractivity contribution in [1.29, 1.82) is 5.41 Å². The Bertz CT molecular complexity index is 1070. The molecule has 10 heteroatoms. The molecule has 2 aromatic rings. The molecule has 1 fully saturated rings. The molecule has 0 saturated carbocycles. The van der Waals surface area contributed by atoms with Crippen LogP contribution in [0.5, 0.6) is 0 Å². The van der Waals surface area contributed by atoms with Crippen molar-refractivity contribution < 1.29 is 18.0 Å². The molecule has 0 spiro atoms. The number of H-pyrrole nitrogens is 1. The van der Waals surface area contributed by atoms with Gasteiger partial charge in [0, 0.05) is 42.2 Å². The molecule has 0 aliphatic carbocycles. The van der Waals surface area contributed by atoms with E-state index in [1.807, 2.05) is 6.92 Å². The third-order valence-corrected chi connectivity index (χ3v) is 5.40. The number of carbonyl (C=O) groups excluding carboxylic acids is 1. The molecular weight excluding hydrogens is 421 g/mol. The Hall–Kier alpha value is -3.43. The van der Waals surface area contributed by atoms with Crippen molar-refractivity contribution >= 4 is 23.3 Å². The van der Waals surface area contributed by atoms with E-state index in [1.54, 1.807) is 4.90 Å². The second-order valence-electron chi connectivity index (χ2n) is 7.49. The smallest absolute Gasteiger partial charge is 0.404 e. The summed E-state index contributed by atoms with van der Waals surface area (Å²) in [6.07, 6.45) is 1.93. The Balaban J connectivity index is 2.13. The monoisotopic (exact) mass is 446 g/mol. The van der Waals surface area contributed by atoms with E-state index < -0.39 is 17.5 Å². The summed E-state index contributed by atoms with van der Waals surface area (Å²) in [6, 6.07) is 1.50. The van der Waals surface area contributed by atoms with Crippen molar-refractivity contribution in [2.45, 2.75) is 38.8 Å². The van der Waals surface area contributed by atoms with Gasteiger partial charge in [-0.05, 0) is 37.0 Å². The number of unbranched alkanes of at least 4 members (excludes halogenated alkanes) is 1. The molecule has 1 aliphatic rings. The highest BCUT2D eigenvalue weighted by molar-refractivity contribution is 6.24. The zero-order valence-electron chi connectivity index (χ0n) is 17.7. The lowest BCUT2D eigenvalue weighted by molar-refractivity contribution is -0.0578. The fourth-order valence-electron chi connectivity index (χ4n) is 3.49. The number of aromatic nitrogens is 3. The maximum absolute atomic E-state index is 13.1. The Morgan fingerprint density at radius 3 is 2.66 bits per heavy atom. The number of carbonyl (C=O) groups is 1. The number of nitrogens with zero attached hydrogens (tertiary/aromatic N) is 3. The number of amides is 1. The van der Waals surface area contributed by atoms with Gasteiger partial charge in [-0.15, -0.1) is 0 Å². The van der Waals surface area contributed by atoms with Gasteiger partial charge < -0.3 is 10.6 Å². The molecular formula is C22H25F3N6O. The number of nitrogens with one attached hydrogen (secondary N) is 2. The first kappa shape index (κ1) is 23.2. The molecule has 170 valence electrons. The number of alkyl halides is 3. The first-order chi connectivity index (χ1) is 15.2. The molecule has 3 heterocycles. The number of hydrogen-bond donors (Lipinski definition) is 3. The predicted molar refractivity (Wildman–Crippen MR) is 117 cm³/mol. The van der Waals surface area contributed by atoms with Gasteiger partial charge in [-0.1, -0.05) is 19.9 Å². The van der Waals surface area contributed by atoms with E-state index >= 15 is 0 Å². The van der Waals surface area contributed by atoms with Crippen molar-refractivity contribution in [2.75, 3.05) is 13.1 Å². The predicted octanol–water partition coefficient (Wildman–Crippen LogP) is 4.18. The fraction of sp³-hybridized carbons (Fsp3) is 0.364. The standard InChI is InChI=1S/C22H25F3N6O/c1-3-5-7-13-10-17(14(11-26)20(27)22(23,24)25)28-12-15(13)18-16(4-2)29-30-19(18)21(32)31-8-6-9-31/h4,10-12,27H,2-3,5-9,26H2,1H3,(H,29,30)/b14-11-,27-20?. The summed E-state index contributed by atoms with van der Waals surface area (Å²) in [7, 11) is 0. The van der Waals surface area contributed by atoms with Crippen LogP contribution in [0.15, 0.2) is 25.0 Å². The lowest BCUT2D eigenvalue weighted by atomic mass is 9.93. The summed E-state index contributed by atoms with van der Waals surface area (Å²) < 4.78 is 39.4. The fourth-order valence-corrected chi connectivity index (χ4v) is 3.49. The molecule has 4 N–H and O–H groups in total. The Kier molecular flexibility index (Phi) is 6.81. The highest BCUT2D eigenvalue weighted by Gasteiger charge is 2.37. The molecule has 7 nitrogen and oxygen atoms in total. The quantitative estimate of drug-likeness (QED) is 0.528. The molecule has 0 bridgehead atoms. The molecule has 0 unspecified atom stereocenters. The molecule has 3 rings (SSSR count). The molecule has 0 aromatic carbocycles. The lowest BCUT2D eigenvalue weighted by Crippen LogP contribution is -2.42. The van der Waals surface area contributed by atoms with E-state index in [0.29, 0.717) is 41.9 Å². The Morgan fingerprint density at radius 2 is 2.12 bits per heavy atom. The molecule has 1 saturated heterocycles. The number of halogens is 3. The molecule has 0 radical (unpaired) electrons. The maximum atomic E-state index is 13.1. The van der Waals surface area contributed by atoms with E-state index in [9.17, 15) is 18.0 Å². The Morgan fingerprint density at radius 1 is 1.41 bits per heavy atom. The zero-order chi connectivity index (χ0) is 23.5. The highest BCUT2D eigenvalue weighted by Crippen LogP contribution is 2.34. The van der Waals surface area contributed by atoms with Gasteiger partial charge in [0.05, 0.1) is 11.4 Å². The van der Waals surface area contributed by atoms with E-state index in [2.05, 4.69) is 21.8 Å². The number of pyridine rings is 1. The molecule has 1 aliphatic heterocycles. The van der Waals surface area contributed by atoms with Crippen LogP contribution in [0, 0.1) is 5.41 Å². The van der Waals surface area contributed by atoms with Gasteiger partial charge in [-0.2, -0.15) is 18.3 Å². The number of rotatable bonds is 8. The third-order valence-electron chi connectivity index (χ3n) is 5.40. The molecule has 0 atom stereocenters. The van der Waals surface area contributed by atoms with E-state index in [1.165, 1.54) is 18.3 Å². The van der Waals surface area contributed by atoms with Crippen LogP contribution in [-0.2, 0) is 6.42 Å². The van der Waals surface area contributed by atoms with Crippen LogP contribution >= 0.6 is 0 Å². The highest BCUT2D eigenvalue weighted by atomic mass is 19.4. The van der Waals surface area contributed by atoms with Gasteiger partial charge in [0.15, 0.2) is 5.69 Å². The summed E-state index contributed by atoms with van der Waals surface area (Å²) in [4.78, 5) is 18.8. The van der Waals surface area contributed by atoms with Crippen molar-refractivity contribution in [3.63, 3.8) is 0 Å². The zero-order valence-corrected chi connectivity index (χ0v) is 17.7. The van der Waals surface area contributed by atoms with Gasteiger partial charge in [-0.3, -0.25) is 20.3 Å². The SMILES string of the molecule is C=Cc1[nH]nc(C(=O)N2CCC2)c1-c1cnc(/C(=C/N)C(=N)C(F)(F)F)cc1CCCC. The molecule has 2 aromatic heterocycles. The summed E-state index contributed by atoms with van der Waals surface area (Å²) in [6.45, 7) is 7.08. The van der Waals surface area contributed by atoms with Crippen LogP contribution < -0.4 is 5.73 Å². The average molecular weight is 446 g/mol. The minimum absolute atomic E-state index is 0.0519. The second kappa shape index (κ2) is 9.37. The molecule has 1 amide bonds. The van der Waals surface area contributed by atoms with Gasteiger partial charge in [0.2, 0.25) is 0 Å². The van der Waals surface area contributed by atoms with Gasteiger partial charge in [0.1, 0.15) is 5.71 Å². The second-order valence-corrected chi connectivity index (χ2v) is 7.49. The summed E-state index contributed by atoms with van der Waals surface area (Å²) in [5, 5.41) is 14.5. The largest absolute Gasteiger partial charge is 0.433 e. The number of nitrogens with two attached hydrogens (primary N) is 1. The third kappa shape index (κ3) is 4.44. The topological polar surface area (TPSA) is 112 Å². The van der Waals surface area contributed by atoms with E-state index in [4.69, 9.17) is 11.1 Å². The van der Waals surface area contributed by atoms with Crippen molar-refractivity contribution in [1.82, 2.24) is 20.1 Å². The lowest BCUT2D eigenvalue weighted by Gasteiger charge is -2.30. The number of allylic oxidation sites excluding steroid dienone is 1. The minimum Gasteiger partial charge on any atom is -0.404 e. The first-order valence-electron chi connectivity index (χ1n) is 10.3. The normalized spacial score (nSPS) is 14.2. The van der Waals surface area contributed by atoms with Gasteiger partial charge >= 0.3 is 6.18 Å². The van der Waals surface area contributed by atoms with Crippen molar-refractivity contribution in [3.8, 4) is 11.1 Å². The van der Waals surface area contributed by atoms with Gasteiger partial charge in [0.25, 0.3) is 5.91 Å². The van der Waals surface area contributed by atoms with Crippen LogP contribution in [0.25, 0.3) is 22.8 Å².